The lowest BCUT2D eigenvalue weighted by Crippen LogP contribution is -2.46. The van der Waals surface area contributed by atoms with Gasteiger partial charge in [0.2, 0.25) is 11.8 Å². The number of hydrogen-bond acceptors (Lipinski definition) is 3. The molecular weight excluding hydrogens is 328 g/mol. The van der Waals surface area contributed by atoms with Gasteiger partial charge in [-0.1, -0.05) is 36.8 Å². The zero-order chi connectivity index (χ0) is 18.2. The van der Waals surface area contributed by atoms with E-state index in [4.69, 9.17) is 4.42 Å². The number of furan rings is 1. The molecular formula is C21H24N2O3. The van der Waals surface area contributed by atoms with Crippen molar-refractivity contribution in [1.29, 1.82) is 0 Å². The molecule has 0 unspecified atom stereocenters. The summed E-state index contributed by atoms with van der Waals surface area (Å²) in [4.78, 5) is 23.8. The topological polar surface area (TPSA) is 71.3 Å². The van der Waals surface area contributed by atoms with Gasteiger partial charge < -0.3 is 15.1 Å². The van der Waals surface area contributed by atoms with Gasteiger partial charge in [-0.2, -0.15) is 0 Å². The summed E-state index contributed by atoms with van der Waals surface area (Å²) in [7, 11) is 0. The third-order valence-corrected chi connectivity index (χ3v) is 4.91. The molecule has 1 aromatic carbocycles. The number of nitrogens with one attached hydrogen (secondary N) is 2. The normalized spacial score (nSPS) is 15.4. The zero-order valence-electron chi connectivity index (χ0n) is 14.7. The van der Waals surface area contributed by atoms with E-state index in [-0.39, 0.29) is 23.7 Å². The quantitative estimate of drug-likeness (QED) is 0.718. The fourth-order valence-electron chi connectivity index (χ4n) is 3.22. The summed E-state index contributed by atoms with van der Waals surface area (Å²) in [6, 6.07) is 13.9. The van der Waals surface area contributed by atoms with E-state index in [1.165, 1.54) is 18.1 Å². The second kappa shape index (κ2) is 8.52. The number of benzene rings is 1. The standard InChI is InChI=1S/C21H24N2O3/c24-19(10-9-18-8-4-15-26-18)22-14-11-20(25)23-16-21(12-5-13-21)17-6-2-1-3-7-17/h1-4,6-10,15H,5,11-14,16H2,(H,22,24)(H,23,25)/b10-9+. The van der Waals surface area contributed by atoms with E-state index in [0.717, 1.165) is 12.8 Å². The van der Waals surface area contributed by atoms with Gasteiger partial charge in [-0.05, 0) is 36.6 Å². The SMILES string of the molecule is O=C(/C=C/c1ccco1)NCCC(=O)NCC1(c2ccccc2)CCC1. The minimum Gasteiger partial charge on any atom is -0.465 e. The van der Waals surface area contributed by atoms with Crippen LogP contribution in [0.3, 0.4) is 0 Å². The van der Waals surface area contributed by atoms with Crippen LogP contribution in [-0.2, 0) is 15.0 Å². The Morgan fingerprint density at radius 3 is 2.54 bits per heavy atom. The first-order chi connectivity index (χ1) is 12.7. The molecule has 0 aliphatic heterocycles. The molecule has 2 aromatic rings. The van der Waals surface area contributed by atoms with Crippen LogP contribution < -0.4 is 10.6 Å². The van der Waals surface area contributed by atoms with Gasteiger partial charge in [-0.3, -0.25) is 9.59 Å². The summed E-state index contributed by atoms with van der Waals surface area (Å²) in [5, 5.41) is 5.73. The highest BCUT2D eigenvalue weighted by atomic mass is 16.3. The average Bonchev–Trinajstić information content (AvgIpc) is 3.13. The van der Waals surface area contributed by atoms with Gasteiger partial charge in [0.1, 0.15) is 5.76 Å². The molecule has 1 aliphatic rings. The Labute approximate surface area is 153 Å². The fourth-order valence-corrected chi connectivity index (χ4v) is 3.22. The Morgan fingerprint density at radius 2 is 1.88 bits per heavy atom. The molecule has 0 saturated heterocycles. The van der Waals surface area contributed by atoms with Gasteiger partial charge >= 0.3 is 0 Å². The molecule has 26 heavy (non-hydrogen) atoms. The molecule has 2 N–H and O–H groups in total. The van der Waals surface area contributed by atoms with E-state index in [9.17, 15) is 9.59 Å². The second-order valence-electron chi connectivity index (χ2n) is 6.67. The van der Waals surface area contributed by atoms with Crippen molar-refractivity contribution in [3.8, 4) is 0 Å². The van der Waals surface area contributed by atoms with Crippen LogP contribution in [-0.4, -0.2) is 24.9 Å². The molecule has 1 saturated carbocycles. The summed E-state index contributed by atoms with van der Waals surface area (Å²) in [5.41, 5.74) is 1.37. The van der Waals surface area contributed by atoms with E-state index in [1.807, 2.05) is 18.2 Å². The van der Waals surface area contributed by atoms with E-state index in [2.05, 4.69) is 22.8 Å². The maximum Gasteiger partial charge on any atom is 0.244 e. The van der Waals surface area contributed by atoms with Gasteiger partial charge in [0.25, 0.3) is 0 Å². The largest absolute Gasteiger partial charge is 0.465 e. The van der Waals surface area contributed by atoms with Crippen molar-refractivity contribution in [3.05, 3.63) is 66.1 Å². The van der Waals surface area contributed by atoms with Gasteiger partial charge in [0.15, 0.2) is 0 Å². The molecule has 2 amide bonds. The molecule has 3 rings (SSSR count). The molecule has 1 aliphatic carbocycles. The van der Waals surface area contributed by atoms with Crippen LogP contribution in [0.5, 0.6) is 0 Å². The third kappa shape index (κ3) is 4.63. The summed E-state index contributed by atoms with van der Waals surface area (Å²) >= 11 is 0. The highest BCUT2D eigenvalue weighted by molar-refractivity contribution is 5.91. The minimum atomic E-state index is -0.242. The monoisotopic (exact) mass is 352 g/mol. The fraction of sp³-hybridized carbons (Fsp3) is 0.333. The van der Waals surface area contributed by atoms with E-state index >= 15 is 0 Å². The molecule has 1 heterocycles. The van der Waals surface area contributed by atoms with Crippen molar-refractivity contribution in [3.63, 3.8) is 0 Å². The number of rotatable bonds is 8. The predicted molar refractivity (Wildman–Crippen MR) is 100 cm³/mol. The van der Waals surface area contributed by atoms with Gasteiger partial charge in [-0.25, -0.2) is 0 Å². The zero-order valence-corrected chi connectivity index (χ0v) is 14.7. The Kier molecular flexibility index (Phi) is 5.89. The van der Waals surface area contributed by atoms with Crippen LogP contribution in [0, 0.1) is 0 Å². The lowest BCUT2D eigenvalue weighted by molar-refractivity contribution is -0.121. The van der Waals surface area contributed by atoms with Crippen molar-refractivity contribution < 1.29 is 14.0 Å². The third-order valence-electron chi connectivity index (χ3n) is 4.91. The average molecular weight is 352 g/mol. The van der Waals surface area contributed by atoms with Gasteiger partial charge in [-0.15, -0.1) is 0 Å². The first-order valence-electron chi connectivity index (χ1n) is 9.00. The summed E-state index contributed by atoms with van der Waals surface area (Å²) in [6.07, 6.45) is 8.21. The van der Waals surface area contributed by atoms with Crippen molar-refractivity contribution in [2.75, 3.05) is 13.1 Å². The lowest BCUT2D eigenvalue weighted by atomic mass is 9.64. The second-order valence-corrected chi connectivity index (χ2v) is 6.67. The molecule has 136 valence electrons. The number of hydrogen-bond donors (Lipinski definition) is 2. The van der Waals surface area contributed by atoms with Crippen molar-refractivity contribution >= 4 is 17.9 Å². The molecule has 0 spiro atoms. The van der Waals surface area contributed by atoms with Crippen LogP contribution in [0.1, 0.15) is 37.0 Å². The molecule has 5 nitrogen and oxygen atoms in total. The maximum atomic E-state index is 12.1. The van der Waals surface area contributed by atoms with Crippen molar-refractivity contribution in [2.24, 2.45) is 0 Å². The molecule has 0 bridgehead atoms. The Hall–Kier alpha value is -2.82. The number of carbonyl (C=O) groups is 2. The number of amides is 2. The smallest absolute Gasteiger partial charge is 0.244 e. The molecule has 1 fully saturated rings. The summed E-state index contributed by atoms with van der Waals surface area (Å²) < 4.78 is 5.11. The highest BCUT2D eigenvalue weighted by Crippen LogP contribution is 2.43. The lowest BCUT2D eigenvalue weighted by Gasteiger charge is -2.42. The summed E-state index contributed by atoms with van der Waals surface area (Å²) in [5.74, 6) is 0.334. The van der Waals surface area contributed by atoms with E-state index in [1.54, 1.807) is 24.5 Å². The van der Waals surface area contributed by atoms with Crippen LogP contribution >= 0.6 is 0 Å². The molecule has 5 heteroatoms. The Balaban J connectivity index is 1.38. The Morgan fingerprint density at radius 1 is 1.08 bits per heavy atom. The van der Waals surface area contributed by atoms with Crippen LogP contribution in [0.25, 0.3) is 6.08 Å². The van der Waals surface area contributed by atoms with Gasteiger partial charge in [0.05, 0.1) is 6.26 Å². The van der Waals surface area contributed by atoms with Crippen LogP contribution in [0.4, 0.5) is 0 Å². The predicted octanol–water partition coefficient (Wildman–Crippen LogP) is 3.04. The van der Waals surface area contributed by atoms with Crippen molar-refractivity contribution in [1.82, 2.24) is 10.6 Å². The first kappa shape index (κ1) is 18.0. The molecule has 1 aromatic heterocycles. The molecule has 0 atom stereocenters. The van der Waals surface area contributed by atoms with Gasteiger partial charge in [0, 0.05) is 31.0 Å². The molecule has 0 radical (unpaired) electrons. The maximum absolute atomic E-state index is 12.1. The first-order valence-corrected chi connectivity index (χ1v) is 9.00. The minimum absolute atomic E-state index is 0.0393. The van der Waals surface area contributed by atoms with Crippen molar-refractivity contribution in [2.45, 2.75) is 31.1 Å². The number of carbonyl (C=O) groups excluding carboxylic acids is 2. The van der Waals surface area contributed by atoms with E-state index < -0.39 is 0 Å². The van der Waals surface area contributed by atoms with Crippen LogP contribution in [0.2, 0.25) is 0 Å². The van der Waals surface area contributed by atoms with Crippen LogP contribution in [0.15, 0.2) is 59.2 Å². The van der Waals surface area contributed by atoms with E-state index in [0.29, 0.717) is 18.8 Å². The highest BCUT2D eigenvalue weighted by Gasteiger charge is 2.38. The summed E-state index contributed by atoms with van der Waals surface area (Å²) in [6.45, 7) is 0.966. The Bertz CT molecular complexity index is 747.